The van der Waals surface area contributed by atoms with Crippen LogP contribution in [0.1, 0.15) is 43.2 Å². The van der Waals surface area contributed by atoms with Crippen LogP contribution in [0.2, 0.25) is 0 Å². The van der Waals surface area contributed by atoms with E-state index in [-0.39, 0.29) is 5.54 Å². The molecule has 0 atom stereocenters. The Morgan fingerprint density at radius 2 is 1.84 bits per heavy atom. The molecule has 1 amide bonds. The van der Waals surface area contributed by atoms with Gasteiger partial charge in [0, 0.05) is 35.8 Å². The predicted octanol–water partition coefficient (Wildman–Crippen LogP) is 4.03. The van der Waals surface area contributed by atoms with E-state index >= 15 is 0 Å². The molecule has 0 unspecified atom stereocenters. The van der Waals surface area contributed by atoms with Crippen LogP contribution in [-0.2, 0) is 17.8 Å². The van der Waals surface area contributed by atoms with Crippen molar-refractivity contribution in [2.75, 3.05) is 12.4 Å². The van der Waals surface area contributed by atoms with E-state index in [4.69, 9.17) is 11.0 Å². The number of benzene rings is 2. The number of carbonyl (C=O) groups excluding carboxylic acids is 1. The van der Waals surface area contributed by atoms with Crippen LogP contribution in [0, 0.1) is 6.92 Å². The third-order valence-corrected chi connectivity index (χ3v) is 5.76. The first kappa shape index (κ1) is 22.6. The van der Waals surface area contributed by atoms with E-state index < -0.39 is 5.91 Å². The fourth-order valence-electron chi connectivity index (χ4n) is 3.84. The largest absolute Gasteiger partial charge is 0.339 e. The molecule has 1 heterocycles. The van der Waals surface area contributed by atoms with Gasteiger partial charge >= 0.3 is 0 Å². The fourth-order valence-corrected chi connectivity index (χ4v) is 3.84. The van der Waals surface area contributed by atoms with Crippen LogP contribution in [0.3, 0.4) is 0 Å². The number of fused-ring (bicyclic) bond motifs is 1. The predicted molar refractivity (Wildman–Crippen MR) is 126 cm³/mol. The summed E-state index contributed by atoms with van der Waals surface area (Å²) in [6, 6.07) is 16.4. The molecule has 6 nitrogen and oxygen atoms in total. The molecule has 0 saturated heterocycles. The number of nitrogens with two attached hydrogens (primary N) is 1. The zero-order chi connectivity index (χ0) is 22.6. The maximum atomic E-state index is 11.1. The Bertz CT molecular complexity index is 1080. The summed E-state index contributed by atoms with van der Waals surface area (Å²) in [5, 5.41) is 9.80. The first-order valence-corrected chi connectivity index (χ1v) is 10.5. The summed E-state index contributed by atoms with van der Waals surface area (Å²) in [4.78, 5) is 13.6. The average molecular weight is 421 g/mol. The second kappa shape index (κ2) is 9.37. The fraction of sp³-hybridized carbons (Fsp3) is 0.320. The number of amides is 1. The zero-order valence-corrected chi connectivity index (χ0v) is 18.7. The van der Waals surface area contributed by atoms with Crippen LogP contribution in [0.4, 0.5) is 0 Å². The van der Waals surface area contributed by atoms with Crippen LogP contribution in [0.25, 0.3) is 17.0 Å². The highest BCUT2D eigenvalue weighted by atomic mass is 16.5. The summed E-state index contributed by atoms with van der Waals surface area (Å²) in [6.07, 6.45) is 3.89. The van der Waals surface area contributed by atoms with Gasteiger partial charge in [-0.1, -0.05) is 42.5 Å². The zero-order valence-electron chi connectivity index (χ0n) is 18.7. The Morgan fingerprint density at radius 3 is 2.48 bits per heavy atom. The smallest absolute Gasteiger partial charge is 0.267 e. The minimum absolute atomic E-state index is 0.00672. The van der Waals surface area contributed by atoms with E-state index in [1.165, 1.54) is 22.6 Å². The molecule has 4 N–H and O–H groups in total. The number of hydroxylamine groups is 1. The number of nitrogen functional groups attached to an aromatic ring is 1. The average Bonchev–Trinajstić information content (AvgIpc) is 2.99. The number of para-hydroxylation sites is 1. The van der Waals surface area contributed by atoms with Crippen molar-refractivity contribution in [1.29, 1.82) is 0 Å². The summed E-state index contributed by atoms with van der Waals surface area (Å²) in [5.74, 6) is 5.74. The van der Waals surface area contributed by atoms with Crippen molar-refractivity contribution in [2.24, 2.45) is 0 Å². The van der Waals surface area contributed by atoms with Crippen molar-refractivity contribution in [3.05, 3.63) is 77.0 Å². The molecule has 3 rings (SSSR count). The maximum Gasteiger partial charge on any atom is 0.267 e. The number of nitrogens with one attached hydrogen (secondary N) is 1. The molecule has 0 fully saturated rings. The molecule has 164 valence electrons. The molecule has 1 aromatic heterocycles. The summed E-state index contributed by atoms with van der Waals surface area (Å²) < 4.78 is 1.79. The molecule has 0 bridgehead atoms. The second-order valence-corrected chi connectivity index (χ2v) is 8.84. The lowest BCUT2D eigenvalue weighted by atomic mass is 10.0. The lowest BCUT2D eigenvalue weighted by molar-refractivity contribution is -0.124. The molecule has 6 heteroatoms. The Hall–Kier alpha value is -3.09. The summed E-state index contributed by atoms with van der Waals surface area (Å²) in [5.41, 5.74) is 7.18. The molecule has 0 aliphatic carbocycles. The Balaban J connectivity index is 1.75. The number of carbonyl (C=O) groups is 1. The Kier molecular flexibility index (Phi) is 6.83. The van der Waals surface area contributed by atoms with Crippen LogP contribution in [0.5, 0.6) is 0 Å². The van der Waals surface area contributed by atoms with E-state index in [9.17, 15) is 4.79 Å². The van der Waals surface area contributed by atoms with Crippen molar-refractivity contribution in [3.63, 3.8) is 0 Å². The highest BCUT2D eigenvalue weighted by molar-refractivity contribution is 5.90. The molecule has 0 radical (unpaired) electrons. The SMILES string of the molecule is Cc1c(CCN(Cc2ccc(/C=C/C(=O)NO)cc2)C(C)(C)C)c2ccccc2n1N. The lowest BCUT2D eigenvalue weighted by Crippen LogP contribution is -2.42. The number of nitrogens with zero attached hydrogens (tertiary/aromatic N) is 2. The van der Waals surface area contributed by atoms with Gasteiger partial charge in [0.15, 0.2) is 0 Å². The highest BCUT2D eigenvalue weighted by Crippen LogP contribution is 2.26. The molecule has 0 spiro atoms. The van der Waals surface area contributed by atoms with Gasteiger partial charge in [-0.3, -0.25) is 19.6 Å². The number of hydrogen-bond acceptors (Lipinski definition) is 4. The van der Waals surface area contributed by atoms with Gasteiger partial charge in [-0.2, -0.15) is 0 Å². The third kappa shape index (κ3) is 5.34. The molecule has 0 aliphatic rings. The molecule has 2 aromatic carbocycles. The number of rotatable bonds is 7. The maximum absolute atomic E-state index is 11.1. The summed E-state index contributed by atoms with van der Waals surface area (Å²) in [7, 11) is 0. The topological polar surface area (TPSA) is 83.5 Å². The first-order chi connectivity index (χ1) is 14.7. The van der Waals surface area contributed by atoms with Crippen LogP contribution in [0.15, 0.2) is 54.6 Å². The molecule has 31 heavy (non-hydrogen) atoms. The van der Waals surface area contributed by atoms with Gasteiger partial charge in [0.05, 0.1) is 5.52 Å². The van der Waals surface area contributed by atoms with Crippen LogP contribution in [-0.4, -0.2) is 32.8 Å². The van der Waals surface area contributed by atoms with Crippen molar-refractivity contribution < 1.29 is 10.0 Å². The van der Waals surface area contributed by atoms with E-state index in [2.05, 4.69) is 62.9 Å². The van der Waals surface area contributed by atoms with Gasteiger partial charge in [-0.05, 0) is 62.9 Å². The third-order valence-electron chi connectivity index (χ3n) is 5.76. The van der Waals surface area contributed by atoms with E-state index in [1.807, 2.05) is 18.2 Å². The van der Waals surface area contributed by atoms with Gasteiger partial charge in [0.1, 0.15) is 0 Å². The normalized spacial score (nSPS) is 12.2. The first-order valence-electron chi connectivity index (χ1n) is 10.5. The van der Waals surface area contributed by atoms with Crippen molar-refractivity contribution in [1.82, 2.24) is 15.1 Å². The summed E-state index contributed by atoms with van der Waals surface area (Å²) >= 11 is 0. The highest BCUT2D eigenvalue weighted by Gasteiger charge is 2.22. The van der Waals surface area contributed by atoms with Gasteiger partial charge in [-0.25, -0.2) is 5.48 Å². The minimum Gasteiger partial charge on any atom is -0.339 e. The second-order valence-electron chi connectivity index (χ2n) is 8.84. The van der Waals surface area contributed by atoms with Gasteiger partial charge in [-0.15, -0.1) is 0 Å². The van der Waals surface area contributed by atoms with Crippen molar-refractivity contribution >= 4 is 22.9 Å². The standard InChI is InChI=1S/C25H32N4O2/c1-18-21(22-7-5-6-8-23(22)29(18)26)15-16-28(25(2,3)4)17-20-11-9-19(10-12-20)13-14-24(30)27-31/h5-14,31H,15-17,26H2,1-4H3,(H,27,30)/b14-13+. The Morgan fingerprint density at radius 1 is 1.16 bits per heavy atom. The van der Waals surface area contributed by atoms with E-state index in [0.29, 0.717) is 0 Å². The molecule has 0 aliphatic heterocycles. The number of hydrogen-bond donors (Lipinski definition) is 3. The minimum atomic E-state index is -0.544. The van der Waals surface area contributed by atoms with E-state index in [0.717, 1.165) is 36.3 Å². The monoisotopic (exact) mass is 420 g/mol. The van der Waals surface area contributed by atoms with Crippen molar-refractivity contribution in [2.45, 2.75) is 46.2 Å². The van der Waals surface area contributed by atoms with Gasteiger partial charge in [0.25, 0.3) is 5.91 Å². The molecule has 0 saturated carbocycles. The molecule has 3 aromatic rings. The quantitative estimate of drug-likeness (QED) is 0.233. The van der Waals surface area contributed by atoms with Crippen LogP contribution < -0.4 is 11.3 Å². The van der Waals surface area contributed by atoms with Crippen LogP contribution >= 0.6 is 0 Å². The lowest BCUT2D eigenvalue weighted by Gasteiger charge is -2.36. The van der Waals surface area contributed by atoms with Crippen molar-refractivity contribution in [3.8, 4) is 0 Å². The Labute approximate surface area is 183 Å². The molecular formula is C25H32N4O2. The van der Waals surface area contributed by atoms with Gasteiger partial charge < -0.3 is 5.84 Å². The number of aromatic nitrogens is 1. The summed E-state index contributed by atoms with van der Waals surface area (Å²) in [6.45, 7) is 10.5. The van der Waals surface area contributed by atoms with Gasteiger partial charge in [0.2, 0.25) is 0 Å². The van der Waals surface area contributed by atoms with E-state index in [1.54, 1.807) is 16.2 Å². The molecular weight excluding hydrogens is 388 g/mol.